The van der Waals surface area contributed by atoms with E-state index in [4.69, 9.17) is 22.1 Å². The molecule has 0 bridgehead atoms. The molecule has 0 aliphatic carbocycles. The van der Waals surface area contributed by atoms with E-state index in [0.717, 1.165) is 12.8 Å². The monoisotopic (exact) mass is 257 g/mol. The molecule has 1 aromatic rings. The van der Waals surface area contributed by atoms with E-state index in [1.165, 1.54) is 0 Å². The normalized spacial score (nSPS) is 18.9. The molecule has 1 saturated heterocycles. The molecular formula is C11H16ClN3O2. The van der Waals surface area contributed by atoms with Gasteiger partial charge in [0.2, 0.25) is 0 Å². The molecular weight excluding hydrogens is 242 g/mol. The summed E-state index contributed by atoms with van der Waals surface area (Å²) in [6.45, 7) is 1.26. The number of aromatic nitrogens is 1. The second-order valence-electron chi connectivity index (χ2n) is 4.25. The van der Waals surface area contributed by atoms with Gasteiger partial charge in [0, 0.05) is 13.2 Å². The van der Waals surface area contributed by atoms with Crippen molar-refractivity contribution in [2.45, 2.75) is 18.4 Å². The number of nitrogens with two attached hydrogens (primary N) is 1. The number of nitrogens with one attached hydrogen (secondary N) is 1. The molecule has 5 nitrogen and oxygen atoms in total. The summed E-state index contributed by atoms with van der Waals surface area (Å²) in [6, 6.07) is 3.33. The standard InChI is InChI=1S/C11H16ClN3O2/c12-9-2-1-8(13)10(14-9)15-11(7-16)3-5-17-6-4-11/h1-2,16H,3-7,13H2,(H,14,15). The first-order chi connectivity index (χ1) is 8.15. The fourth-order valence-corrected chi connectivity index (χ4v) is 2.03. The van der Waals surface area contributed by atoms with Gasteiger partial charge in [0.25, 0.3) is 0 Å². The molecule has 0 saturated carbocycles. The fourth-order valence-electron chi connectivity index (χ4n) is 1.88. The summed E-state index contributed by atoms with van der Waals surface area (Å²) < 4.78 is 5.29. The van der Waals surface area contributed by atoms with Crippen molar-refractivity contribution in [2.24, 2.45) is 0 Å². The van der Waals surface area contributed by atoms with E-state index in [2.05, 4.69) is 10.3 Å². The molecule has 17 heavy (non-hydrogen) atoms. The van der Waals surface area contributed by atoms with Crippen LogP contribution in [0.2, 0.25) is 5.15 Å². The number of hydrogen-bond acceptors (Lipinski definition) is 5. The number of rotatable bonds is 3. The Kier molecular flexibility index (Phi) is 3.71. The molecule has 0 atom stereocenters. The largest absolute Gasteiger partial charge is 0.396 e. The molecule has 94 valence electrons. The summed E-state index contributed by atoms with van der Waals surface area (Å²) in [7, 11) is 0. The maximum Gasteiger partial charge on any atom is 0.151 e. The van der Waals surface area contributed by atoms with Crippen LogP contribution in [0.15, 0.2) is 12.1 Å². The molecule has 0 aromatic carbocycles. The SMILES string of the molecule is Nc1ccc(Cl)nc1NC1(CO)CCOCC1. The van der Waals surface area contributed by atoms with Gasteiger partial charge in [-0.2, -0.15) is 0 Å². The number of ether oxygens (including phenoxy) is 1. The van der Waals surface area contributed by atoms with Crippen LogP contribution >= 0.6 is 11.6 Å². The first kappa shape index (κ1) is 12.4. The number of nitrogens with zero attached hydrogens (tertiary/aromatic N) is 1. The van der Waals surface area contributed by atoms with E-state index in [-0.39, 0.29) is 6.61 Å². The molecule has 1 aliphatic heterocycles. The number of nitrogen functional groups attached to an aromatic ring is 1. The molecule has 1 aromatic heterocycles. The fraction of sp³-hybridized carbons (Fsp3) is 0.545. The Bertz CT molecular complexity index is 394. The van der Waals surface area contributed by atoms with E-state index >= 15 is 0 Å². The molecule has 0 radical (unpaired) electrons. The van der Waals surface area contributed by atoms with Crippen LogP contribution in [0.3, 0.4) is 0 Å². The zero-order valence-corrected chi connectivity index (χ0v) is 10.2. The highest BCUT2D eigenvalue weighted by Gasteiger charge is 2.32. The van der Waals surface area contributed by atoms with Crippen LogP contribution < -0.4 is 11.1 Å². The van der Waals surface area contributed by atoms with Crippen molar-refractivity contribution in [1.82, 2.24) is 4.98 Å². The van der Waals surface area contributed by atoms with Gasteiger partial charge in [-0.25, -0.2) is 4.98 Å². The Hall–Kier alpha value is -1.04. The molecule has 0 amide bonds. The van der Waals surface area contributed by atoms with Gasteiger partial charge in [-0.3, -0.25) is 0 Å². The van der Waals surface area contributed by atoms with Gasteiger partial charge in [0.05, 0.1) is 17.8 Å². The summed E-state index contributed by atoms with van der Waals surface area (Å²) in [4.78, 5) is 4.14. The zero-order valence-electron chi connectivity index (χ0n) is 9.45. The van der Waals surface area contributed by atoms with E-state index in [1.807, 2.05) is 0 Å². The zero-order chi connectivity index (χ0) is 12.3. The molecule has 2 rings (SSSR count). The first-order valence-corrected chi connectivity index (χ1v) is 5.92. The van der Waals surface area contributed by atoms with Gasteiger partial charge in [-0.1, -0.05) is 11.6 Å². The quantitative estimate of drug-likeness (QED) is 0.711. The van der Waals surface area contributed by atoms with Crippen LogP contribution in [-0.4, -0.2) is 35.5 Å². The van der Waals surface area contributed by atoms with Crippen LogP contribution in [0.25, 0.3) is 0 Å². The summed E-state index contributed by atoms with van der Waals surface area (Å²) in [5.41, 5.74) is 5.93. The van der Waals surface area contributed by atoms with Crippen molar-refractivity contribution < 1.29 is 9.84 Å². The Labute approximate surface area is 105 Å². The van der Waals surface area contributed by atoms with Gasteiger partial charge in [0.15, 0.2) is 5.82 Å². The number of aliphatic hydroxyl groups excluding tert-OH is 1. The van der Waals surface area contributed by atoms with Crippen LogP contribution in [0.5, 0.6) is 0 Å². The van der Waals surface area contributed by atoms with Crippen molar-refractivity contribution in [3.05, 3.63) is 17.3 Å². The topological polar surface area (TPSA) is 80.4 Å². The molecule has 2 heterocycles. The minimum Gasteiger partial charge on any atom is -0.396 e. The minimum absolute atomic E-state index is 0.0179. The van der Waals surface area contributed by atoms with Crippen molar-refractivity contribution in [1.29, 1.82) is 0 Å². The third-order valence-corrected chi connectivity index (χ3v) is 3.24. The van der Waals surface area contributed by atoms with Crippen LogP contribution in [0.4, 0.5) is 11.5 Å². The van der Waals surface area contributed by atoms with E-state index in [1.54, 1.807) is 12.1 Å². The summed E-state index contributed by atoms with van der Waals surface area (Å²) >= 11 is 5.83. The Balaban J connectivity index is 2.20. The van der Waals surface area contributed by atoms with Crippen LogP contribution in [0.1, 0.15) is 12.8 Å². The average Bonchev–Trinajstić information content (AvgIpc) is 2.35. The highest BCUT2D eigenvalue weighted by atomic mass is 35.5. The van der Waals surface area contributed by atoms with Gasteiger partial charge < -0.3 is 20.9 Å². The number of aliphatic hydroxyl groups is 1. The van der Waals surface area contributed by atoms with Crippen molar-refractivity contribution in [3.8, 4) is 0 Å². The lowest BCUT2D eigenvalue weighted by atomic mass is 9.91. The molecule has 1 fully saturated rings. The third kappa shape index (κ3) is 2.80. The van der Waals surface area contributed by atoms with Crippen molar-refractivity contribution in [2.75, 3.05) is 30.9 Å². The molecule has 0 unspecified atom stereocenters. The lowest BCUT2D eigenvalue weighted by molar-refractivity contribution is 0.0379. The smallest absolute Gasteiger partial charge is 0.151 e. The predicted molar refractivity (Wildman–Crippen MR) is 67.2 cm³/mol. The Morgan fingerprint density at radius 1 is 1.47 bits per heavy atom. The first-order valence-electron chi connectivity index (χ1n) is 5.54. The Morgan fingerprint density at radius 3 is 2.82 bits per heavy atom. The van der Waals surface area contributed by atoms with Crippen molar-refractivity contribution >= 4 is 23.1 Å². The van der Waals surface area contributed by atoms with Crippen LogP contribution in [-0.2, 0) is 4.74 Å². The summed E-state index contributed by atoms with van der Waals surface area (Å²) in [5, 5.41) is 13.1. The molecule has 6 heteroatoms. The second-order valence-corrected chi connectivity index (χ2v) is 4.63. The molecule has 1 aliphatic rings. The number of pyridine rings is 1. The number of hydrogen-bond donors (Lipinski definition) is 3. The van der Waals surface area contributed by atoms with Gasteiger partial charge in [0.1, 0.15) is 5.15 Å². The predicted octanol–water partition coefficient (Wildman–Crippen LogP) is 1.27. The van der Waals surface area contributed by atoms with Gasteiger partial charge in [-0.15, -0.1) is 0 Å². The average molecular weight is 258 g/mol. The van der Waals surface area contributed by atoms with Crippen LogP contribution in [0, 0.1) is 0 Å². The maximum atomic E-state index is 9.54. The van der Waals surface area contributed by atoms with Gasteiger partial charge >= 0.3 is 0 Å². The van der Waals surface area contributed by atoms with Gasteiger partial charge in [-0.05, 0) is 25.0 Å². The van der Waals surface area contributed by atoms with E-state index in [0.29, 0.717) is 29.9 Å². The Morgan fingerprint density at radius 2 is 2.18 bits per heavy atom. The molecule has 0 spiro atoms. The summed E-state index contributed by atoms with van der Waals surface area (Å²) in [6.07, 6.45) is 1.44. The second kappa shape index (κ2) is 5.08. The third-order valence-electron chi connectivity index (χ3n) is 3.03. The lowest BCUT2D eigenvalue weighted by Gasteiger charge is -2.37. The molecule has 4 N–H and O–H groups in total. The minimum atomic E-state index is -0.413. The highest BCUT2D eigenvalue weighted by molar-refractivity contribution is 6.29. The van der Waals surface area contributed by atoms with Crippen molar-refractivity contribution in [3.63, 3.8) is 0 Å². The highest BCUT2D eigenvalue weighted by Crippen LogP contribution is 2.28. The maximum absolute atomic E-state index is 9.54. The number of anilines is 2. The van der Waals surface area contributed by atoms with E-state index < -0.39 is 5.54 Å². The lowest BCUT2D eigenvalue weighted by Crippen LogP contribution is -2.47. The summed E-state index contributed by atoms with van der Waals surface area (Å²) in [5.74, 6) is 0.522. The van der Waals surface area contributed by atoms with E-state index in [9.17, 15) is 5.11 Å². The number of halogens is 1.